The fourth-order valence-corrected chi connectivity index (χ4v) is 2.82. The average molecular weight is 268 g/mol. The Morgan fingerprint density at radius 2 is 1.75 bits per heavy atom. The first-order valence-corrected chi connectivity index (χ1v) is 7.21. The average Bonchev–Trinajstić information content (AvgIpc) is 2.51. The van der Waals surface area contributed by atoms with Gasteiger partial charge in [-0.25, -0.2) is 9.97 Å². The van der Waals surface area contributed by atoms with Gasteiger partial charge < -0.3 is 0 Å². The SMILES string of the molecule is Cc1ncc(CN2CCC(c3ccncc3)CC2)cn1. The van der Waals surface area contributed by atoms with Gasteiger partial charge in [0.15, 0.2) is 0 Å². The van der Waals surface area contributed by atoms with Gasteiger partial charge in [0.05, 0.1) is 0 Å². The normalized spacial score (nSPS) is 17.2. The molecule has 0 aromatic carbocycles. The molecule has 0 radical (unpaired) electrons. The van der Waals surface area contributed by atoms with E-state index < -0.39 is 0 Å². The Labute approximate surface area is 119 Å². The maximum Gasteiger partial charge on any atom is 0.125 e. The molecule has 1 aliphatic heterocycles. The van der Waals surface area contributed by atoms with E-state index >= 15 is 0 Å². The zero-order valence-corrected chi connectivity index (χ0v) is 11.9. The second-order valence-corrected chi connectivity index (χ2v) is 5.47. The van der Waals surface area contributed by atoms with Crippen molar-refractivity contribution in [2.45, 2.75) is 32.2 Å². The van der Waals surface area contributed by atoms with Crippen LogP contribution in [-0.2, 0) is 6.54 Å². The van der Waals surface area contributed by atoms with Gasteiger partial charge in [-0.2, -0.15) is 0 Å². The van der Waals surface area contributed by atoms with Crippen molar-refractivity contribution in [1.29, 1.82) is 0 Å². The standard InChI is InChI=1S/C16H20N4/c1-13-18-10-14(11-19-13)12-20-8-4-16(5-9-20)15-2-6-17-7-3-15/h2-3,6-7,10-11,16H,4-5,8-9,12H2,1H3. The van der Waals surface area contributed by atoms with E-state index in [1.54, 1.807) is 0 Å². The summed E-state index contributed by atoms with van der Waals surface area (Å²) in [4.78, 5) is 15.1. The summed E-state index contributed by atoms with van der Waals surface area (Å²) in [5.41, 5.74) is 2.64. The van der Waals surface area contributed by atoms with Gasteiger partial charge in [-0.15, -0.1) is 0 Å². The topological polar surface area (TPSA) is 41.9 Å². The first-order valence-electron chi connectivity index (χ1n) is 7.21. The van der Waals surface area contributed by atoms with Crippen LogP contribution in [0.4, 0.5) is 0 Å². The van der Waals surface area contributed by atoms with Crippen LogP contribution in [0.2, 0.25) is 0 Å². The molecule has 3 rings (SSSR count). The number of piperidine rings is 1. The molecule has 2 aromatic heterocycles. The lowest BCUT2D eigenvalue weighted by Gasteiger charge is -2.32. The Hall–Kier alpha value is -1.81. The van der Waals surface area contributed by atoms with Crippen LogP contribution in [0.25, 0.3) is 0 Å². The third kappa shape index (κ3) is 3.20. The number of hydrogen-bond acceptors (Lipinski definition) is 4. The molecule has 0 saturated carbocycles. The largest absolute Gasteiger partial charge is 0.299 e. The van der Waals surface area contributed by atoms with Crippen LogP contribution in [0.3, 0.4) is 0 Å². The molecule has 0 aliphatic carbocycles. The molecule has 0 spiro atoms. The molecule has 4 heteroatoms. The van der Waals surface area contributed by atoms with Gasteiger partial charge in [0.25, 0.3) is 0 Å². The molecular formula is C16H20N4. The van der Waals surface area contributed by atoms with Gasteiger partial charge >= 0.3 is 0 Å². The van der Waals surface area contributed by atoms with Gasteiger partial charge in [-0.05, 0) is 56.5 Å². The summed E-state index contributed by atoms with van der Waals surface area (Å²) < 4.78 is 0. The quantitative estimate of drug-likeness (QED) is 0.858. The maximum atomic E-state index is 4.26. The lowest BCUT2D eigenvalue weighted by atomic mass is 9.90. The van der Waals surface area contributed by atoms with Crippen molar-refractivity contribution in [1.82, 2.24) is 19.9 Å². The molecule has 0 atom stereocenters. The zero-order chi connectivity index (χ0) is 13.8. The molecule has 3 heterocycles. The fourth-order valence-electron chi connectivity index (χ4n) is 2.82. The summed E-state index contributed by atoms with van der Waals surface area (Å²) in [6.07, 6.45) is 10.1. The molecule has 2 aromatic rings. The molecule has 1 saturated heterocycles. The van der Waals surface area contributed by atoms with Crippen LogP contribution < -0.4 is 0 Å². The molecule has 0 amide bonds. The predicted octanol–water partition coefficient (Wildman–Crippen LogP) is 2.56. The lowest BCUT2D eigenvalue weighted by Crippen LogP contribution is -2.32. The maximum absolute atomic E-state index is 4.26. The number of rotatable bonds is 3. The van der Waals surface area contributed by atoms with E-state index in [4.69, 9.17) is 0 Å². The van der Waals surface area contributed by atoms with Crippen molar-refractivity contribution >= 4 is 0 Å². The fraction of sp³-hybridized carbons (Fsp3) is 0.438. The van der Waals surface area contributed by atoms with Crippen molar-refractivity contribution < 1.29 is 0 Å². The minimum absolute atomic E-state index is 0.684. The molecule has 4 nitrogen and oxygen atoms in total. The first kappa shape index (κ1) is 13.2. The molecule has 1 fully saturated rings. The highest BCUT2D eigenvalue weighted by Gasteiger charge is 2.20. The van der Waals surface area contributed by atoms with E-state index in [1.807, 2.05) is 31.7 Å². The highest BCUT2D eigenvalue weighted by molar-refractivity contribution is 5.16. The Bertz CT molecular complexity index is 530. The highest BCUT2D eigenvalue weighted by Crippen LogP contribution is 2.27. The summed E-state index contributed by atoms with van der Waals surface area (Å²) in [5.74, 6) is 1.52. The van der Waals surface area contributed by atoms with Crippen molar-refractivity contribution in [3.05, 3.63) is 53.9 Å². The lowest BCUT2D eigenvalue weighted by molar-refractivity contribution is 0.204. The number of aryl methyl sites for hydroxylation is 1. The third-order valence-electron chi connectivity index (χ3n) is 4.01. The van der Waals surface area contributed by atoms with Gasteiger partial charge in [0.1, 0.15) is 5.82 Å². The van der Waals surface area contributed by atoms with E-state index in [9.17, 15) is 0 Å². The monoisotopic (exact) mass is 268 g/mol. The minimum atomic E-state index is 0.684. The Kier molecular flexibility index (Phi) is 4.02. The second kappa shape index (κ2) is 6.09. The number of nitrogens with zero attached hydrogens (tertiary/aromatic N) is 4. The van der Waals surface area contributed by atoms with Gasteiger partial charge in [-0.3, -0.25) is 9.88 Å². The molecule has 1 aliphatic rings. The number of pyridine rings is 1. The molecule has 0 N–H and O–H groups in total. The summed E-state index contributed by atoms with van der Waals surface area (Å²) in [5, 5.41) is 0. The number of aromatic nitrogens is 3. The molecule has 20 heavy (non-hydrogen) atoms. The number of hydrogen-bond donors (Lipinski definition) is 0. The summed E-state index contributed by atoms with van der Waals surface area (Å²) >= 11 is 0. The Morgan fingerprint density at radius 1 is 1.10 bits per heavy atom. The van der Waals surface area contributed by atoms with Crippen LogP contribution >= 0.6 is 0 Å². The van der Waals surface area contributed by atoms with Crippen LogP contribution in [0.1, 0.15) is 35.7 Å². The summed E-state index contributed by atoms with van der Waals surface area (Å²) in [6.45, 7) is 5.16. The van der Waals surface area contributed by atoms with Crippen LogP contribution in [0.5, 0.6) is 0 Å². The number of likely N-dealkylation sites (tertiary alicyclic amines) is 1. The summed E-state index contributed by atoms with van der Waals surface area (Å²) in [6, 6.07) is 4.29. The van der Waals surface area contributed by atoms with Crippen LogP contribution in [0.15, 0.2) is 36.9 Å². The van der Waals surface area contributed by atoms with Gasteiger partial charge in [0.2, 0.25) is 0 Å². The molecule has 0 bridgehead atoms. The van der Waals surface area contributed by atoms with Crippen molar-refractivity contribution in [2.24, 2.45) is 0 Å². The van der Waals surface area contributed by atoms with E-state index in [0.717, 1.165) is 25.5 Å². The van der Waals surface area contributed by atoms with E-state index in [-0.39, 0.29) is 0 Å². The highest BCUT2D eigenvalue weighted by atomic mass is 15.1. The van der Waals surface area contributed by atoms with Gasteiger partial charge in [0, 0.05) is 36.9 Å². The van der Waals surface area contributed by atoms with Crippen LogP contribution in [-0.4, -0.2) is 32.9 Å². The van der Waals surface area contributed by atoms with E-state index in [2.05, 4.69) is 32.0 Å². The zero-order valence-electron chi connectivity index (χ0n) is 11.9. The van der Waals surface area contributed by atoms with Crippen molar-refractivity contribution in [3.63, 3.8) is 0 Å². The van der Waals surface area contributed by atoms with Crippen LogP contribution in [0, 0.1) is 6.92 Å². The first-order chi connectivity index (χ1) is 9.81. The third-order valence-corrected chi connectivity index (χ3v) is 4.01. The predicted molar refractivity (Wildman–Crippen MR) is 78.3 cm³/mol. The van der Waals surface area contributed by atoms with Gasteiger partial charge in [-0.1, -0.05) is 0 Å². The molecule has 0 unspecified atom stereocenters. The molecule has 104 valence electrons. The Balaban J connectivity index is 1.55. The molecular weight excluding hydrogens is 248 g/mol. The smallest absolute Gasteiger partial charge is 0.125 e. The Morgan fingerprint density at radius 3 is 2.40 bits per heavy atom. The van der Waals surface area contributed by atoms with Crippen molar-refractivity contribution in [2.75, 3.05) is 13.1 Å². The van der Waals surface area contributed by atoms with E-state index in [1.165, 1.54) is 24.0 Å². The van der Waals surface area contributed by atoms with Crippen molar-refractivity contribution in [3.8, 4) is 0 Å². The second-order valence-electron chi connectivity index (χ2n) is 5.47. The van der Waals surface area contributed by atoms with E-state index in [0.29, 0.717) is 5.92 Å². The minimum Gasteiger partial charge on any atom is -0.299 e. The summed E-state index contributed by atoms with van der Waals surface area (Å²) in [7, 11) is 0.